The van der Waals surface area contributed by atoms with Crippen LogP contribution in [0.2, 0.25) is 0 Å². The lowest BCUT2D eigenvalue weighted by Crippen LogP contribution is -2.44. The highest BCUT2D eigenvalue weighted by atomic mass is 127. The fraction of sp³-hybridized carbons (Fsp3) is 0.571. The lowest BCUT2D eigenvalue weighted by atomic mass is 9.88. The molecule has 0 bridgehead atoms. The van der Waals surface area contributed by atoms with Gasteiger partial charge in [0.05, 0.1) is 201 Å². The van der Waals surface area contributed by atoms with Crippen LogP contribution in [0.4, 0.5) is 17.1 Å². The fourth-order valence-electron chi connectivity index (χ4n) is 9.93. The van der Waals surface area contributed by atoms with Crippen molar-refractivity contribution in [2.75, 3.05) is 153 Å². The monoisotopic (exact) mass is 2540 g/mol. The number of hydrogen-bond acceptors (Lipinski definition) is 27. The number of amides is 9. The maximum absolute atomic E-state index is 14.0. The quantitative estimate of drug-likeness (QED) is 0.0219. The van der Waals surface area contributed by atoms with Crippen LogP contribution in [0.5, 0.6) is 0 Å². The van der Waals surface area contributed by atoms with E-state index >= 15 is 0 Å². The maximum Gasteiger partial charge on any atom is 0.279 e. The van der Waals surface area contributed by atoms with Gasteiger partial charge in [-0.1, -0.05) is 6.92 Å². The highest BCUT2D eigenvalue weighted by molar-refractivity contribution is 14.1. The zero-order chi connectivity index (χ0) is 81.9. The van der Waals surface area contributed by atoms with Crippen molar-refractivity contribution in [3.63, 3.8) is 0 Å². The van der Waals surface area contributed by atoms with Gasteiger partial charge in [-0.2, -0.15) is 0 Å². The number of aliphatic hydroxyl groups excluding tert-OH is 11. The maximum atomic E-state index is 14.0. The summed E-state index contributed by atoms with van der Waals surface area (Å²) in [5, 5.41) is 162. The summed E-state index contributed by atoms with van der Waals surface area (Å²) in [5.41, 5.74) is -3.05. The van der Waals surface area contributed by atoms with Gasteiger partial charge in [-0.25, -0.2) is 20.3 Å². The first-order chi connectivity index (χ1) is 50.8. The molecule has 0 spiro atoms. The van der Waals surface area contributed by atoms with Gasteiger partial charge in [-0.3, -0.25) is 64.0 Å². The Morgan fingerprint density at radius 1 is 0.370 bits per heavy atom. The average Bonchev–Trinajstić information content (AvgIpc) is 0.768. The minimum Gasteiger partial charge on any atom is -0.396 e. The highest BCUT2D eigenvalue weighted by Crippen LogP contribution is 2.43. The molecule has 3 aromatic carbocycles. The second-order valence-corrected chi connectivity index (χ2v) is 33.7. The normalized spacial score (nSPS) is 13.4. The molecule has 45 heteroatoms. The zero-order valence-corrected chi connectivity index (χ0v) is 77.8. The molecular formula is C63H86I9N9O27. The molecule has 3 aromatic rings. The Balaban J connectivity index is 2.23. The molecule has 0 aliphatic carbocycles. The lowest BCUT2D eigenvalue weighted by molar-refractivity contribution is -0.117. The summed E-state index contributed by atoms with van der Waals surface area (Å²) in [6.07, 6.45) is -7.75. The van der Waals surface area contributed by atoms with Crippen molar-refractivity contribution in [2.24, 2.45) is 5.41 Å². The van der Waals surface area contributed by atoms with Crippen molar-refractivity contribution in [1.82, 2.24) is 30.9 Å². The molecule has 608 valence electrons. The Morgan fingerprint density at radius 2 is 0.593 bits per heavy atom. The number of halogens is 9. The van der Waals surface area contributed by atoms with Crippen LogP contribution < -0.4 is 25.3 Å². The molecule has 17 N–H and O–H groups in total. The minimum atomic E-state index is -1.61. The predicted octanol–water partition coefficient (Wildman–Crippen LogP) is 2.14. The number of benzene rings is 3. The first kappa shape index (κ1) is 101. The Bertz CT molecular complexity index is 3330. The van der Waals surface area contributed by atoms with E-state index in [9.17, 15) is 120 Å². The standard InChI is InChI=1S/C63H86I9N9O27/c1-5-63(28-106-25-36(93)20-75(31(2)88)54-48(67)39(57(96)73-18-34(91)23-86)45(64)40(49(54)68)58(97)74-19-35(92)24-87,29-107-26-37(94)21-76(32(3)89)55-50(69)41(59(98)78(102)10-6-14-82)46(65)42(51(55)70)60(99)79(103)11-7-15-83)30-108-27-38(95)22-77(33(4)90)56-52(71)43(61(100)80(104)12-8-16-84)47(66)44(53(56)72)62(101)81(105)13-9-17-85/h34-38,82-87,91-95,102-105H,5-30H2,1-4H3,(H,73,96)(H,74,97). The number of carbonyl (C=O) groups is 9. The molecule has 9 amide bonds. The van der Waals surface area contributed by atoms with E-state index in [0.29, 0.717) is 20.3 Å². The van der Waals surface area contributed by atoms with Crippen molar-refractivity contribution in [2.45, 2.75) is 90.3 Å². The summed E-state index contributed by atoms with van der Waals surface area (Å²) in [6.45, 7) is -5.02. The third-order valence-electron chi connectivity index (χ3n) is 15.7. The second-order valence-electron chi connectivity index (χ2n) is 24.0. The number of nitrogens with zero attached hydrogens (tertiary/aromatic N) is 7. The van der Waals surface area contributed by atoms with E-state index < -0.39 is 201 Å². The second kappa shape index (κ2) is 49.7. The van der Waals surface area contributed by atoms with Crippen molar-refractivity contribution >= 4 is 274 Å². The molecular weight excluding hydrogens is 2460 g/mol. The Kier molecular flexibility index (Phi) is 46.5. The van der Waals surface area contributed by atoms with Gasteiger partial charge in [0.25, 0.3) is 35.4 Å². The van der Waals surface area contributed by atoms with Crippen LogP contribution in [0.25, 0.3) is 0 Å². The van der Waals surface area contributed by atoms with Gasteiger partial charge in [-0.15, -0.1) is 0 Å². The molecule has 0 fully saturated rings. The highest BCUT2D eigenvalue weighted by Gasteiger charge is 2.40. The van der Waals surface area contributed by atoms with Crippen LogP contribution in [-0.2, 0) is 28.6 Å². The lowest BCUT2D eigenvalue weighted by Gasteiger charge is -2.34. The molecule has 36 nitrogen and oxygen atoms in total. The van der Waals surface area contributed by atoms with Gasteiger partial charge >= 0.3 is 0 Å². The van der Waals surface area contributed by atoms with E-state index in [1.165, 1.54) is 0 Å². The van der Waals surface area contributed by atoms with E-state index in [4.69, 9.17) is 14.2 Å². The van der Waals surface area contributed by atoms with Crippen LogP contribution in [0.3, 0.4) is 0 Å². The van der Waals surface area contributed by atoms with E-state index in [-0.39, 0.29) is 141 Å². The number of nitrogens with one attached hydrogen (secondary N) is 2. The topological polar surface area (TPSA) is 532 Å². The Labute approximate surface area is 743 Å². The number of rotatable bonds is 46. The SMILES string of the molecule is CCC(COCC(O)CN(C(C)=O)c1c(I)c(C(=O)NCC(O)CO)c(I)c(C(=O)NCC(O)CO)c1I)(COCC(O)CN(C(C)=O)c1c(I)c(C(=O)N(O)CCCO)c(I)c(C(=O)N(O)CCCO)c1I)COCC(O)CN(C(C)=O)c1c(I)c(C(=O)N(O)CCCO)c(I)c(C(=O)N(O)CCCO)c1I. The van der Waals surface area contributed by atoms with Crippen LogP contribution in [0.15, 0.2) is 0 Å². The molecule has 0 saturated heterocycles. The van der Waals surface area contributed by atoms with Gasteiger partial charge < -0.3 is 95.7 Å². The molecule has 108 heavy (non-hydrogen) atoms. The Morgan fingerprint density at radius 3 is 0.796 bits per heavy atom. The molecule has 0 saturated carbocycles. The first-order valence-electron chi connectivity index (χ1n) is 32.6. The summed E-state index contributed by atoms with van der Waals surface area (Å²) in [4.78, 5) is 129. The molecule has 0 aromatic heterocycles. The number of ether oxygens (including phenoxy) is 3. The third-order valence-corrected chi connectivity index (χ3v) is 25.2. The van der Waals surface area contributed by atoms with E-state index in [1.54, 1.807) is 210 Å². The Hall–Kier alpha value is -1.26. The molecule has 5 unspecified atom stereocenters. The summed E-state index contributed by atoms with van der Waals surface area (Å²) < 4.78 is 18.9. The van der Waals surface area contributed by atoms with Crippen molar-refractivity contribution in [3.05, 3.63) is 65.5 Å². The number of anilines is 3. The minimum absolute atomic E-state index is 0.0149. The fourth-order valence-corrected chi connectivity index (χ4v) is 24.0. The third kappa shape index (κ3) is 28.0. The van der Waals surface area contributed by atoms with Crippen molar-refractivity contribution in [1.29, 1.82) is 0 Å². The molecule has 0 radical (unpaired) electrons. The summed E-state index contributed by atoms with van der Waals surface area (Å²) >= 11 is 15.6. The van der Waals surface area contributed by atoms with Gasteiger partial charge in [0, 0.05) is 76.4 Å². The van der Waals surface area contributed by atoms with Gasteiger partial charge in [0.1, 0.15) is 0 Å². The van der Waals surface area contributed by atoms with Gasteiger partial charge in [-0.05, 0) is 235 Å². The summed E-state index contributed by atoms with van der Waals surface area (Å²) in [6, 6.07) is 0. The summed E-state index contributed by atoms with van der Waals surface area (Å²) in [5.74, 6) is -8.08. The van der Waals surface area contributed by atoms with E-state index in [0.717, 1.165) is 35.5 Å². The summed E-state index contributed by atoms with van der Waals surface area (Å²) in [7, 11) is 0. The van der Waals surface area contributed by atoms with Crippen LogP contribution in [0.1, 0.15) is 122 Å². The smallest absolute Gasteiger partial charge is 0.279 e. The van der Waals surface area contributed by atoms with E-state index in [1.807, 2.05) is 0 Å². The average molecular weight is 2540 g/mol. The first-order valence-corrected chi connectivity index (χ1v) is 42.3. The van der Waals surface area contributed by atoms with Gasteiger partial charge in [0.15, 0.2) is 0 Å². The molecule has 0 aliphatic rings. The molecule has 0 aliphatic heterocycles. The van der Waals surface area contributed by atoms with Crippen LogP contribution >= 0.6 is 203 Å². The zero-order valence-electron chi connectivity index (χ0n) is 58.4. The van der Waals surface area contributed by atoms with Crippen molar-refractivity contribution in [3.8, 4) is 0 Å². The van der Waals surface area contributed by atoms with Crippen LogP contribution in [-0.4, -0.2) is 319 Å². The number of aliphatic hydroxyl groups is 11. The predicted molar refractivity (Wildman–Crippen MR) is 460 cm³/mol. The van der Waals surface area contributed by atoms with E-state index in [2.05, 4.69) is 10.6 Å². The van der Waals surface area contributed by atoms with Crippen LogP contribution in [0, 0.1) is 37.5 Å². The number of carbonyl (C=O) groups excluding carboxylic acids is 9. The molecule has 5 atom stereocenters. The van der Waals surface area contributed by atoms with Crippen molar-refractivity contribution < 1.29 is 134 Å². The van der Waals surface area contributed by atoms with Gasteiger partial charge in [0.2, 0.25) is 17.7 Å². The molecule has 0 heterocycles. The number of hydroxylamine groups is 8. The largest absolute Gasteiger partial charge is 0.396 e. The molecule has 3 rings (SSSR count). The number of hydrogen-bond donors (Lipinski definition) is 17.